The highest BCUT2D eigenvalue weighted by molar-refractivity contribution is 6.99. The Morgan fingerprint density at radius 1 is 0.528 bits per heavy atom. The van der Waals surface area contributed by atoms with Crippen molar-refractivity contribution >= 4 is 44.9 Å². The van der Waals surface area contributed by atoms with Gasteiger partial charge in [-0.3, -0.25) is 0 Å². The Morgan fingerprint density at radius 3 is 1.40 bits per heavy atom. The molecule has 0 radical (unpaired) electrons. The predicted octanol–water partition coefficient (Wildman–Crippen LogP) is 10.9. The van der Waals surface area contributed by atoms with E-state index in [1.54, 1.807) is 33.4 Å². The first-order chi connectivity index (χ1) is 25.7. The van der Waals surface area contributed by atoms with Crippen molar-refractivity contribution in [2.75, 3.05) is 0 Å². The molecule has 262 valence electrons. The van der Waals surface area contributed by atoms with Gasteiger partial charge in [-0.05, 0) is 182 Å². The molecular weight excluding hydrogens is 645 g/mol. The van der Waals surface area contributed by atoms with Gasteiger partial charge >= 0.3 is 0 Å². The zero-order chi connectivity index (χ0) is 35.4. The maximum atomic E-state index is 7.35. The Labute approximate surface area is 312 Å². The number of aryl methyl sites for hydroxylation is 4. The summed E-state index contributed by atoms with van der Waals surface area (Å²) in [5.41, 5.74) is 22.8. The fraction of sp³-hybridized carbons (Fsp3) is 0.388. The molecule has 0 N–H and O–H groups in total. The highest BCUT2D eigenvalue weighted by Gasteiger charge is 2.55. The molecule has 4 heterocycles. The van der Waals surface area contributed by atoms with Gasteiger partial charge in [0.15, 0.2) is 0 Å². The smallest absolute Gasteiger partial charge is 0.261 e. The second kappa shape index (κ2) is 9.62. The van der Waals surface area contributed by atoms with Gasteiger partial charge in [-0.15, -0.1) is 0 Å². The van der Waals surface area contributed by atoms with Crippen LogP contribution in [-0.2, 0) is 5.41 Å². The van der Waals surface area contributed by atoms with Crippen LogP contribution in [-0.4, -0.2) is 11.3 Å². The molecule has 2 fully saturated rings. The van der Waals surface area contributed by atoms with Crippen molar-refractivity contribution in [2.24, 2.45) is 0 Å². The van der Waals surface area contributed by atoms with Crippen molar-refractivity contribution in [3.8, 4) is 28.7 Å². The van der Waals surface area contributed by atoms with E-state index < -0.39 is 0 Å². The zero-order valence-corrected chi connectivity index (χ0v) is 31.9. The molecule has 3 aliphatic heterocycles. The topological polar surface area (TPSA) is 23.4 Å². The van der Waals surface area contributed by atoms with Crippen LogP contribution < -0.4 is 25.9 Å². The molecule has 9 aliphatic rings. The first-order valence-electron chi connectivity index (χ1n) is 20.6. The summed E-state index contributed by atoms with van der Waals surface area (Å²) in [5.74, 6) is 6.82. The molecule has 53 heavy (non-hydrogen) atoms. The second-order valence-corrected chi connectivity index (χ2v) is 18.8. The van der Waals surface area contributed by atoms with Crippen LogP contribution in [0.3, 0.4) is 0 Å². The molecule has 6 aliphatic carbocycles. The summed E-state index contributed by atoms with van der Waals surface area (Å²) in [4.78, 5) is 0. The Bertz CT molecular complexity index is 2550. The van der Waals surface area contributed by atoms with Gasteiger partial charge < -0.3 is 14.0 Å². The van der Waals surface area contributed by atoms with Crippen LogP contribution >= 0.6 is 0 Å². The molecule has 5 aromatic carbocycles. The van der Waals surface area contributed by atoms with E-state index in [1.165, 1.54) is 112 Å². The average Bonchev–Trinajstić information content (AvgIpc) is 3.48. The SMILES string of the molecule is Cc1cc(C)c2c(c1)c1cc(C)cc(C)c1n2-c1cc2c3c(c1)Oc1cc4c(c5c1B3c1c(cc3c(c1C5(C)C)C1CCC3CC1)O2)C1CCC4CC1. The van der Waals surface area contributed by atoms with Gasteiger partial charge in [0.25, 0.3) is 6.71 Å². The van der Waals surface area contributed by atoms with Crippen molar-refractivity contribution in [3.63, 3.8) is 0 Å². The lowest BCUT2D eigenvalue weighted by molar-refractivity contribution is 0.344. The minimum Gasteiger partial charge on any atom is -0.458 e. The Hall–Kier alpha value is -4.44. The van der Waals surface area contributed by atoms with Crippen molar-refractivity contribution < 1.29 is 9.47 Å². The summed E-state index contributed by atoms with van der Waals surface area (Å²) < 4.78 is 17.2. The summed E-state index contributed by atoms with van der Waals surface area (Å²) in [6.45, 7) is 14.3. The summed E-state index contributed by atoms with van der Waals surface area (Å²) in [5, 5.41) is 2.64. The van der Waals surface area contributed by atoms with Gasteiger partial charge in [0.05, 0.1) is 16.7 Å². The van der Waals surface area contributed by atoms with E-state index in [9.17, 15) is 0 Å². The Morgan fingerprint density at radius 2 is 0.943 bits per heavy atom. The third-order valence-electron chi connectivity index (χ3n) is 15.5. The monoisotopic (exact) mass is 691 g/mol. The number of fused-ring (bicyclic) bond motifs is 7. The van der Waals surface area contributed by atoms with Gasteiger partial charge in [0.1, 0.15) is 23.0 Å². The van der Waals surface area contributed by atoms with Gasteiger partial charge in [-0.25, -0.2) is 0 Å². The van der Waals surface area contributed by atoms with Gasteiger partial charge in [0.2, 0.25) is 0 Å². The Kier molecular flexibility index (Phi) is 5.43. The third-order valence-corrected chi connectivity index (χ3v) is 15.5. The van der Waals surface area contributed by atoms with Crippen LogP contribution in [0.1, 0.15) is 145 Å². The molecule has 6 aromatic rings. The van der Waals surface area contributed by atoms with E-state index in [-0.39, 0.29) is 12.1 Å². The molecule has 1 aromatic heterocycles. The van der Waals surface area contributed by atoms with Crippen LogP contribution in [0.2, 0.25) is 0 Å². The molecule has 0 unspecified atom stereocenters. The molecule has 0 atom stereocenters. The molecule has 2 saturated carbocycles. The fourth-order valence-corrected chi connectivity index (χ4v) is 13.7. The maximum absolute atomic E-state index is 7.35. The Balaban J connectivity index is 1.15. The van der Waals surface area contributed by atoms with E-state index in [1.807, 2.05) is 0 Å². The first-order valence-corrected chi connectivity index (χ1v) is 20.6. The number of hydrogen-bond donors (Lipinski definition) is 0. The van der Waals surface area contributed by atoms with Gasteiger partial charge in [-0.2, -0.15) is 0 Å². The summed E-state index contributed by atoms with van der Waals surface area (Å²) in [6.07, 6.45) is 10.6. The van der Waals surface area contributed by atoms with Crippen molar-refractivity contribution in [3.05, 3.63) is 104 Å². The standard InChI is InChI=1S/C49H46BNO2/c1-23-15-25(3)47-34(17-23)35-18-24(2)16-26(4)48(35)51(47)31-19-36-44-37(20-31)53-39-22-33-28-9-13-30(14-10-28)41(33)43-46(39)50(44)45-38(52-36)21-32-27-7-11-29(12-8-27)40(32)42(45)49(43,5)6/h15-22,27-30H,7-14H2,1-6H3. The highest BCUT2D eigenvalue weighted by atomic mass is 16.5. The lowest BCUT2D eigenvalue weighted by atomic mass is 9.28. The van der Waals surface area contributed by atoms with Crippen LogP contribution in [0.15, 0.2) is 48.5 Å². The van der Waals surface area contributed by atoms with Crippen molar-refractivity contribution in [1.82, 2.24) is 4.57 Å². The van der Waals surface area contributed by atoms with Crippen LogP contribution in [0.4, 0.5) is 0 Å². The summed E-state index contributed by atoms with van der Waals surface area (Å²) >= 11 is 0. The molecular formula is C49H46BNO2. The number of rotatable bonds is 1. The van der Waals surface area contributed by atoms with E-state index in [4.69, 9.17) is 9.47 Å². The van der Waals surface area contributed by atoms with E-state index in [0.717, 1.165) is 28.7 Å². The number of benzene rings is 5. The van der Waals surface area contributed by atoms with E-state index in [0.29, 0.717) is 23.7 Å². The van der Waals surface area contributed by atoms with Crippen LogP contribution in [0.5, 0.6) is 23.0 Å². The predicted molar refractivity (Wildman–Crippen MR) is 217 cm³/mol. The number of hydrogen-bond acceptors (Lipinski definition) is 2. The van der Waals surface area contributed by atoms with Crippen molar-refractivity contribution in [1.29, 1.82) is 0 Å². The molecule has 4 bridgehead atoms. The first kappa shape index (κ1) is 30.0. The largest absolute Gasteiger partial charge is 0.458 e. The molecule has 0 saturated heterocycles. The zero-order valence-electron chi connectivity index (χ0n) is 31.9. The lowest BCUT2D eigenvalue weighted by Crippen LogP contribution is -2.65. The molecule has 0 spiro atoms. The minimum absolute atomic E-state index is 0.105. The quantitative estimate of drug-likeness (QED) is 0.160. The van der Waals surface area contributed by atoms with Crippen LogP contribution in [0, 0.1) is 27.7 Å². The fourth-order valence-electron chi connectivity index (χ4n) is 13.7. The molecule has 15 rings (SSSR count). The highest BCUT2D eigenvalue weighted by Crippen LogP contribution is 2.59. The third kappa shape index (κ3) is 3.52. The number of aromatic nitrogens is 1. The maximum Gasteiger partial charge on any atom is 0.261 e. The minimum atomic E-state index is -0.105. The second-order valence-electron chi connectivity index (χ2n) is 18.8. The molecule has 3 nitrogen and oxygen atoms in total. The van der Waals surface area contributed by atoms with Crippen LogP contribution in [0.25, 0.3) is 27.5 Å². The summed E-state index contributed by atoms with van der Waals surface area (Å²) in [6, 6.07) is 19.2. The molecule has 4 heteroatoms. The number of nitrogens with zero attached hydrogens (tertiary/aromatic N) is 1. The van der Waals surface area contributed by atoms with E-state index in [2.05, 4.69) is 94.6 Å². The van der Waals surface area contributed by atoms with Gasteiger partial charge in [-0.1, -0.05) is 37.1 Å². The van der Waals surface area contributed by atoms with Crippen molar-refractivity contribution in [2.45, 2.75) is 122 Å². The lowest BCUT2D eigenvalue weighted by Gasteiger charge is -2.52. The molecule has 0 amide bonds. The average molecular weight is 692 g/mol. The number of ether oxygens (including phenoxy) is 2. The summed E-state index contributed by atoms with van der Waals surface area (Å²) in [7, 11) is 0. The van der Waals surface area contributed by atoms with Gasteiger partial charge in [0, 0.05) is 33.8 Å². The van der Waals surface area contributed by atoms with E-state index >= 15 is 0 Å². The normalized spacial score (nSPS) is 24.2.